The smallest absolute Gasteiger partial charge is 0.313 e. The van der Waals surface area contributed by atoms with E-state index in [0.717, 1.165) is 22.2 Å². The van der Waals surface area contributed by atoms with Gasteiger partial charge in [-0.05, 0) is 43.2 Å². The first-order valence-electron chi connectivity index (χ1n) is 8.30. The van der Waals surface area contributed by atoms with Gasteiger partial charge in [0.05, 0.1) is 0 Å². The summed E-state index contributed by atoms with van der Waals surface area (Å²) >= 11 is 0. The number of amides is 2. The molecule has 1 heterocycles. The average molecular weight is 345 g/mol. The minimum atomic E-state index is -0.713. The Morgan fingerprint density at radius 2 is 1.92 bits per heavy atom. The minimum absolute atomic E-state index is 0.374. The molecule has 0 fully saturated rings. The van der Waals surface area contributed by atoms with Crippen LogP contribution in [0.3, 0.4) is 0 Å². The van der Waals surface area contributed by atoms with Gasteiger partial charge in [0.15, 0.2) is 0 Å². The Balaban J connectivity index is 1.57. The molecule has 0 aliphatic rings. The maximum Gasteiger partial charge on any atom is 0.313 e. The number of aromatic amines is 1. The van der Waals surface area contributed by atoms with Gasteiger partial charge in [-0.25, -0.2) is 0 Å². The SMILES string of the molecule is C#Cc1cccc(NC(=O)C(=O)NCCc2c(C)[nH]c3ccccc23)c1. The molecule has 0 spiro atoms. The van der Waals surface area contributed by atoms with E-state index in [1.807, 2.05) is 31.2 Å². The molecule has 3 N–H and O–H groups in total. The summed E-state index contributed by atoms with van der Waals surface area (Å²) in [6.07, 6.45) is 5.97. The second kappa shape index (κ2) is 7.58. The third kappa shape index (κ3) is 3.76. The summed E-state index contributed by atoms with van der Waals surface area (Å²) in [5.74, 6) is 1.10. The lowest BCUT2D eigenvalue weighted by molar-refractivity contribution is -0.136. The van der Waals surface area contributed by atoms with E-state index in [9.17, 15) is 9.59 Å². The number of para-hydroxylation sites is 1. The molecule has 0 saturated carbocycles. The number of nitrogens with one attached hydrogen (secondary N) is 3. The summed E-state index contributed by atoms with van der Waals surface area (Å²) in [5.41, 5.74) is 4.41. The van der Waals surface area contributed by atoms with Crippen LogP contribution in [0.2, 0.25) is 0 Å². The number of aromatic nitrogens is 1. The molecule has 2 aromatic carbocycles. The molecule has 3 rings (SSSR count). The summed E-state index contributed by atoms with van der Waals surface area (Å²) in [4.78, 5) is 27.3. The maximum absolute atomic E-state index is 12.0. The molecule has 3 aromatic rings. The Morgan fingerprint density at radius 3 is 2.73 bits per heavy atom. The van der Waals surface area contributed by atoms with Gasteiger partial charge in [-0.3, -0.25) is 9.59 Å². The summed E-state index contributed by atoms with van der Waals surface area (Å²) < 4.78 is 0. The molecule has 1 aromatic heterocycles. The second-order valence-electron chi connectivity index (χ2n) is 5.96. The topological polar surface area (TPSA) is 74.0 Å². The van der Waals surface area contributed by atoms with Crippen molar-refractivity contribution in [3.63, 3.8) is 0 Å². The zero-order chi connectivity index (χ0) is 18.5. The van der Waals surface area contributed by atoms with Gasteiger partial charge in [-0.1, -0.05) is 30.2 Å². The number of aryl methyl sites for hydroxylation is 1. The molecule has 130 valence electrons. The number of anilines is 1. The van der Waals surface area contributed by atoms with Crippen molar-refractivity contribution in [1.29, 1.82) is 0 Å². The Morgan fingerprint density at radius 1 is 1.12 bits per heavy atom. The van der Waals surface area contributed by atoms with Crippen LogP contribution in [0.15, 0.2) is 48.5 Å². The van der Waals surface area contributed by atoms with E-state index in [2.05, 4.69) is 21.5 Å². The standard InChI is InChI=1S/C21H19N3O2/c1-3-15-7-6-8-16(13-15)24-21(26)20(25)22-12-11-17-14(2)23-19-10-5-4-9-18(17)19/h1,4-10,13,23H,11-12H2,2H3,(H,22,25)(H,24,26). The van der Waals surface area contributed by atoms with Crippen LogP contribution in [-0.2, 0) is 16.0 Å². The third-order valence-electron chi connectivity index (χ3n) is 4.18. The van der Waals surface area contributed by atoms with Crippen molar-refractivity contribution in [1.82, 2.24) is 10.3 Å². The molecular formula is C21H19N3O2. The number of carbonyl (C=O) groups excluding carboxylic acids is 2. The molecular weight excluding hydrogens is 326 g/mol. The fraction of sp³-hybridized carbons (Fsp3) is 0.143. The van der Waals surface area contributed by atoms with E-state index >= 15 is 0 Å². The average Bonchev–Trinajstić information content (AvgIpc) is 2.97. The van der Waals surface area contributed by atoms with E-state index in [1.165, 1.54) is 0 Å². The van der Waals surface area contributed by atoms with Crippen molar-refractivity contribution in [2.75, 3.05) is 11.9 Å². The molecule has 0 radical (unpaired) electrons. The summed E-state index contributed by atoms with van der Waals surface area (Å²) in [6.45, 7) is 2.38. The van der Waals surface area contributed by atoms with Gasteiger partial charge in [-0.15, -0.1) is 6.42 Å². The molecule has 0 saturated heterocycles. The highest BCUT2D eigenvalue weighted by Gasteiger charge is 2.14. The number of terminal acetylenes is 1. The van der Waals surface area contributed by atoms with Crippen LogP contribution in [0.25, 0.3) is 10.9 Å². The monoisotopic (exact) mass is 345 g/mol. The first-order chi connectivity index (χ1) is 12.6. The highest BCUT2D eigenvalue weighted by molar-refractivity contribution is 6.39. The number of H-pyrrole nitrogens is 1. The quantitative estimate of drug-likeness (QED) is 0.502. The molecule has 5 nitrogen and oxygen atoms in total. The van der Waals surface area contributed by atoms with E-state index < -0.39 is 11.8 Å². The highest BCUT2D eigenvalue weighted by atomic mass is 16.2. The van der Waals surface area contributed by atoms with E-state index in [-0.39, 0.29) is 0 Å². The number of carbonyl (C=O) groups is 2. The van der Waals surface area contributed by atoms with Gasteiger partial charge in [0, 0.05) is 34.4 Å². The largest absolute Gasteiger partial charge is 0.358 e. The van der Waals surface area contributed by atoms with Crippen LogP contribution in [-0.4, -0.2) is 23.3 Å². The van der Waals surface area contributed by atoms with E-state index in [0.29, 0.717) is 24.2 Å². The Hall–Kier alpha value is -3.52. The van der Waals surface area contributed by atoms with Crippen molar-refractivity contribution < 1.29 is 9.59 Å². The Kier molecular flexibility index (Phi) is 5.04. The van der Waals surface area contributed by atoms with Gasteiger partial charge >= 0.3 is 11.8 Å². The van der Waals surface area contributed by atoms with Crippen molar-refractivity contribution in [3.8, 4) is 12.3 Å². The lowest BCUT2D eigenvalue weighted by atomic mass is 10.1. The van der Waals surface area contributed by atoms with Crippen molar-refractivity contribution in [3.05, 3.63) is 65.4 Å². The lowest BCUT2D eigenvalue weighted by Gasteiger charge is -2.07. The lowest BCUT2D eigenvalue weighted by Crippen LogP contribution is -2.36. The van der Waals surface area contributed by atoms with Crippen LogP contribution in [0, 0.1) is 19.3 Å². The molecule has 0 bridgehead atoms. The number of fused-ring (bicyclic) bond motifs is 1. The summed E-state index contributed by atoms with van der Waals surface area (Å²) in [5, 5.41) is 6.34. The third-order valence-corrected chi connectivity index (χ3v) is 4.18. The fourth-order valence-electron chi connectivity index (χ4n) is 2.91. The van der Waals surface area contributed by atoms with E-state index in [4.69, 9.17) is 6.42 Å². The molecule has 26 heavy (non-hydrogen) atoms. The minimum Gasteiger partial charge on any atom is -0.358 e. The molecule has 5 heteroatoms. The van der Waals surface area contributed by atoms with Crippen molar-refractivity contribution in [2.24, 2.45) is 0 Å². The van der Waals surface area contributed by atoms with Crippen LogP contribution < -0.4 is 10.6 Å². The number of hydrogen-bond donors (Lipinski definition) is 3. The normalized spacial score (nSPS) is 10.3. The Labute approximate surface area is 151 Å². The summed E-state index contributed by atoms with van der Waals surface area (Å²) in [7, 11) is 0. The van der Waals surface area contributed by atoms with Crippen LogP contribution in [0.4, 0.5) is 5.69 Å². The molecule has 0 unspecified atom stereocenters. The number of rotatable bonds is 4. The first kappa shape index (κ1) is 17.3. The fourth-order valence-corrected chi connectivity index (χ4v) is 2.91. The highest BCUT2D eigenvalue weighted by Crippen LogP contribution is 2.21. The van der Waals surface area contributed by atoms with E-state index in [1.54, 1.807) is 24.3 Å². The second-order valence-corrected chi connectivity index (χ2v) is 5.96. The maximum atomic E-state index is 12.0. The zero-order valence-corrected chi connectivity index (χ0v) is 14.4. The van der Waals surface area contributed by atoms with Crippen molar-refractivity contribution in [2.45, 2.75) is 13.3 Å². The molecule has 0 atom stereocenters. The van der Waals surface area contributed by atoms with Gasteiger partial charge < -0.3 is 15.6 Å². The van der Waals surface area contributed by atoms with Crippen LogP contribution in [0.5, 0.6) is 0 Å². The molecule has 0 aliphatic heterocycles. The summed E-state index contributed by atoms with van der Waals surface area (Å²) in [6, 6.07) is 14.8. The predicted octanol–water partition coefficient (Wildman–Crippen LogP) is 2.76. The van der Waals surface area contributed by atoms with Gasteiger partial charge in [-0.2, -0.15) is 0 Å². The first-order valence-corrected chi connectivity index (χ1v) is 8.30. The molecule has 0 aliphatic carbocycles. The van der Waals surface area contributed by atoms with Gasteiger partial charge in [0.2, 0.25) is 0 Å². The van der Waals surface area contributed by atoms with Gasteiger partial charge in [0.1, 0.15) is 0 Å². The molecule has 2 amide bonds. The van der Waals surface area contributed by atoms with Crippen LogP contribution >= 0.6 is 0 Å². The van der Waals surface area contributed by atoms with Gasteiger partial charge in [0.25, 0.3) is 0 Å². The Bertz CT molecular complexity index is 1010. The predicted molar refractivity (Wildman–Crippen MR) is 103 cm³/mol. The number of benzene rings is 2. The number of hydrogen-bond acceptors (Lipinski definition) is 2. The van der Waals surface area contributed by atoms with Crippen molar-refractivity contribution >= 4 is 28.4 Å². The van der Waals surface area contributed by atoms with Crippen LogP contribution in [0.1, 0.15) is 16.8 Å². The zero-order valence-electron chi connectivity index (χ0n) is 14.4.